The van der Waals surface area contributed by atoms with Crippen LogP contribution in [0.5, 0.6) is 0 Å². The highest BCUT2D eigenvalue weighted by Crippen LogP contribution is 2.44. The minimum absolute atomic E-state index is 0.0102. The number of nitrogens with one attached hydrogen (secondary N) is 1. The Hall–Kier alpha value is -4.90. The van der Waals surface area contributed by atoms with E-state index in [4.69, 9.17) is 18.9 Å². The summed E-state index contributed by atoms with van der Waals surface area (Å²) in [6.07, 6.45) is 6.40. The SMILES string of the molecule is CCCCCCN(C(=O)[C@H]([C@@H](C)CC)N(C=O)[C@@H]1CCCCN1CCOCCOCCNC(=O)OCC1c2ccccc2-c2ccccc21)[C@H](C[C@@H](OC(C)=O)c1nc(C(=O)O)cs1)C(C)C. The summed E-state index contributed by atoms with van der Waals surface area (Å²) in [5.41, 5.74) is 4.54. The molecule has 5 atom stereocenters. The predicted molar refractivity (Wildman–Crippen MR) is 258 cm³/mol. The van der Waals surface area contributed by atoms with Gasteiger partial charge in [-0.1, -0.05) is 109 Å². The highest BCUT2D eigenvalue weighted by molar-refractivity contribution is 7.09. The highest BCUT2D eigenvalue weighted by Gasteiger charge is 2.42. The molecule has 2 N–H and O–H groups in total. The van der Waals surface area contributed by atoms with Crippen LogP contribution >= 0.6 is 11.3 Å². The lowest BCUT2D eigenvalue weighted by atomic mass is 9.90. The number of nitrogens with zero attached hydrogens (tertiary/aromatic N) is 4. The number of aromatic nitrogens is 1. The minimum Gasteiger partial charge on any atom is -0.476 e. The highest BCUT2D eigenvalue weighted by atomic mass is 32.1. The fraction of sp³-hybridized carbons (Fsp3) is 0.608. The zero-order valence-corrected chi connectivity index (χ0v) is 41.2. The molecule has 0 radical (unpaired) electrons. The monoisotopic (exact) mass is 948 g/mol. The second kappa shape index (κ2) is 27.2. The lowest BCUT2D eigenvalue weighted by Crippen LogP contribution is -2.62. The number of ether oxygens (including phenoxy) is 4. The quantitative estimate of drug-likeness (QED) is 0.0386. The first kappa shape index (κ1) is 53.1. The number of carbonyl (C=O) groups is 5. The van der Waals surface area contributed by atoms with Gasteiger partial charge in [0.15, 0.2) is 11.8 Å². The van der Waals surface area contributed by atoms with E-state index < -0.39 is 36.2 Å². The number of carbonyl (C=O) groups excluding carboxylic acids is 4. The van der Waals surface area contributed by atoms with Crippen molar-refractivity contribution < 1.29 is 48.0 Å². The van der Waals surface area contributed by atoms with Crippen molar-refractivity contribution in [2.45, 2.75) is 130 Å². The molecule has 1 saturated heterocycles. The molecule has 0 saturated carbocycles. The molecule has 2 heterocycles. The smallest absolute Gasteiger partial charge is 0.407 e. The van der Waals surface area contributed by atoms with Gasteiger partial charge in [0.05, 0.1) is 32.6 Å². The second-order valence-electron chi connectivity index (χ2n) is 18.0. The number of amides is 3. The van der Waals surface area contributed by atoms with Gasteiger partial charge in [0.2, 0.25) is 12.3 Å². The summed E-state index contributed by atoms with van der Waals surface area (Å²) in [5.74, 6) is -2.09. The number of unbranched alkanes of at least 4 members (excludes halogenated alkanes) is 3. The average molecular weight is 948 g/mol. The molecular formula is C51H73N5O10S. The van der Waals surface area contributed by atoms with Gasteiger partial charge >= 0.3 is 18.0 Å². The molecule has 2 aliphatic rings. The van der Waals surface area contributed by atoms with Crippen molar-refractivity contribution in [2.75, 3.05) is 59.2 Å². The molecule has 67 heavy (non-hydrogen) atoms. The van der Waals surface area contributed by atoms with E-state index in [0.29, 0.717) is 63.9 Å². The molecule has 368 valence electrons. The number of rotatable bonds is 29. The maximum absolute atomic E-state index is 15.3. The third-order valence-electron chi connectivity index (χ3n) is 13.0. The Kier molecular flexibility index (Phi) is 21.5. The molecule has 5 rings (SSSR count). The Morgan fingerprint density at radius 1 is 0.940 bits per heavy atom. The third kappa shape index (κ3) is 14.8. The predicted octanol–water partition coefficient (Wildman–Crippen LogP) is 8.53. The molecule has 1 aliphatic heterocycles. The van der Waals surface area contributed by atoms with Gasteiger partial charge in [-0.3, -0.25) is 19.3 Å². The van der Waals surface area contributed by atoms with E-state index in [2.05, 4.69) is 46.4 Å². The van der Waals surface area contributed by atoms with Crippen LogP contribution in [0, 0.1) is 11.8 Å². The van der Waals surface area contributed by atoms with Crippen LogP contribution in [-0.4, -0.2) is 133 Å². The van der Waals surface area contributed by atoms with Gasteiger partial charge in [0.1, 0.15) is 17.7 Å². The van der Waals surface area contributed by atoms with Crippen LogP contribution in [0.15, 0.2) is 53.9 Å². The number of carboxylic acids is 1. The number of alkyl carbamates (subject to hydrolysis) is 1. The molecule has 15 nitrogen and oxygen atoms in total. The Bertz CT molecular complexity index is 2000. The third-order valence-corrected chi connectivity index (χ3v) is 14.0. The van der Waals surface area contributed by atoms with Crippen molar-refractivity contribution in [1.29, 1.82) is 0 Å². The molecule has 1 aliphatic carbocycles. The number of thiazole rings is 1. The lowest BCUT2D eigenvalue weighted by Gasteiger charge is -2.47. The maximum atomic E-state index is 15.3. The Morgan fingerprint density at radius 2 is 1.63 bits per heavy atom. The summed E-state index contributed by atoms with van der Waals surface area (Å²) in [6, 6.07) is 15.3. The molecule has 16 heteroatoms. The van der Waals surface area contributed by atoms with Gasteiger partial charge in [-0.2, -0.15) is 0 Å². The van der Waals surface area contributed by atoms with Crippen LogP contribution in [0.2, 0.25) is 0 Å². The topological polar surface area (TPSA) is 177 Å². The van der Waals surface area contributed by atoms with Crippen molar-refractivity contribution in [3.05, 3.63) is 75.7 Å². The number of aromatic carboxylic acids is 1. The van der Waals surface area contributed by atoms with Crippen molar-refractivity contribution >= 4 is 41.7 Å². The fourth-order valence-electron chi connectivity index (χ4n) is 9.39. The summed E-state index contributed by atoms with van der Waals surface area (Å²) >= 11 is 1.12. The molecule has 1 aromatic heterocycles. The van der Waals surface area contributed by atoms with Crippen molar-refractivity contribution in [3.63, 3.8) is 0 Å². The Balaban J connectivity index is 1.15. The number of likely N-dealkylation sites (tertiary alicyclic amines) is 1. The van der Waals surface area contributed by atoms with E-state index in [9.17, 15) is 24.3 Å². The van der Waals surface area contributed by atoms with Crippen LogP contribution in [0.3, 0.4) is 0 Å². The number of fused-ring (bicyclic) bond motifs is 3. The van der Waals surface area contributed by atoms with Crippen LogP contribution in [0.4, 0.5) is 4.79 Å². The Morgan fingerprint density at radius 3 is 2.24 bits per heavy atom. The van der Waals surface area contributed by atoms with Gasteiger partial charge in [0, 0.05) is 56.9 Å². The van der Waals surface area contributed by atoms with Gasteiger partial charge in [-0.15, -0.1) is 11.3 Å². The minimum atomic E-state index is -1.17. The van der Waals surface area contributed by atoms with E-state index in [-0.39, 0.29) is 48.5 Å². The van der Waals surface area contributed by atoms with Gasteiger partial charge in [-0.05, 0) is 59.8 Å². The molecular weight excluding hydrogens is 875 g/mol. The van der Waals surface area contributed by atoms with Crippen LogP contribution in [0.25, 0.3) is 11.1 Å². The molecule has 2 aromatic carbocycles. The first-order chi connectivity index (χ1) is 32.4. The second-order valence-corrected chi connectivity index (χ2v) is 18.9. The standard InChI is InChI=1S/C51H73N5O10S/c1-7-9-10-16-25-55(44(35(3)4)31-45(66-37(6)58)48-53-43(33-67-48)50(60)61)49(59)47(36(5)8-2)56(34-57)46-22-15-17-24-54(46)26-28-64-30-29-63-27-23-52-51(62)65-32-42-40-20-13-11-18-38(40)39-19-12-14-21-41(39)42/h11-14,18-21,33-36,42,44-47H,7-10,15-17,22-32H2,1-6H3,(H,52,62)(H,60,61)/t36-,44+,45+,46+,47-/m0/s1. The molecule has 0 spiro atoms. The van der Waals surface area contributed by atoms with Crippen molar-refractivity contribution in [3.8, 4) is 11.1 Å². The van der Waals surface area contributed by atoms with E-state index in [0.717, 1.165) is 73.9 Å². The van der Waals surface area contributed by atoms with Gasteiger partial charge in [-0.25, -0.2) is 14.6 Å². The molecule has 0 bridgehead atoms. The van der Waals surface area contributed by atoms with E-state index in [1.54, 1.807) is 4.90 Å². The maximum Gasteiger partial charge on any atom is 0.407 e. The molecule has 3 amide bonds. The number of hydrogen-bond acceptors (Lipinski definition) is 12. The summed E-state index contributed by atoms with van der Waals surface area (Å²) in [5, 5.41) is 14.2. The largest absolute Gasteiger partial charge is 0.476 e. The fourth-order valence-corrected chi connectivity index (χ4v) is 10.2. The molecule has 1 fully saturated rings. The van der Waals surface area contributed by atoms with Crippen molar-refractivity contribution in [2.24, 2.45) is 11.8 Å². The summed E-state index contributed by atoms with van der Waals surface area (Å²) in [7, 11) is 0. The van der Waals surface area contributed by atoms with E-state index in [1.165, 1.54) is 23.4 Å². The lowest BCUT2D eigenvalue weighted by molar-refractivity contribution is -0.155. The van der Waals surface area contributed by atoms with Crippen LogP contribution in [0.1, 0.15) is 138 Å². The first-order valence-electron chi connectivity index (χ1n) is 24.3. The first-order valence-corrected chi connectivity index (χ1v) is 25.1. The van der Waals surface area contributed by atoms with Crippen LogP contribution in [-0.2, 0) is 33.3 Å². The zero-order chi connectivity index (χ0) is 48.3. The number of carboxylic acid groups (broad SMARTS) is 1. The molecule has 0 unspecified atom stereocenters. The zero-order valence-electron chi connectivity index (χ0n) is 40.4. The number of esters is 1. The van der Waals surface area contributed by atoms with E-state index >= 15 is 4.79 Å². The normalized spacial score (nSPS) is 16.6. The van der Waals surface area contributed by atoms with E-state index in [1.807, 2.05) is 56.9 Å². The number of hydrogen-bond donors (Lipinski definition) is 2. The van der Waals surface area contributed by atoms with Gasteiger partial charge in [0.25, 0.3) is 0 Å². The summed E-state index contributed by atoms with van der Waals surface area (Å²) in [6.45, 7) is 15.3. The van der Waals surface area contributed by atoms with Crippen LogP contribution < -0.4 is 5.32 Å². The Labute approximate surface area is 400 Å². The number of piperidine rings is 1. The number of benzene rings is 2. The molecule has 3 aromatic rings. The summed E-state index contributed by atoms with van der Waals surface area (Å²) < 4.78 is 23.1. The summed E-state index contributed by atoms with van der Waals surface area (Å²) in [4.78, 5) is 75.5. The van der Waals surface area contributed by atoms with Crippen molar-refractivity contribution in [1.82, 2.24) is 25.0 Å². The van der Waals surface area contributed by atoms with Gasteiger partial charge < -0.3 is 39.2 Å². The average Bonchev–Trinajstić information content (AvgIpc) is 3.95.